The summed E-state index contributed by atoms with van der Waals surface area (Å²) in [4.78, 5) is 11.3. The molecule has 0 radical (unpaired) electrons. The zero-order chi connectivity index (χ0) is 19.4. The van der Waals surface area contributed by atoms with Crippen LogP contribution in [0.25, 0.3) is 0 Å². The first-order valence-electron chi connectivity index (χ1n) is 8.88. The zero-order valence-electron chi connectivity index (χ0n) is 15.4. The second-order valence-corrected chi connectivity index (χ2v) is 8.36. The Balaban J connectivity index is 1.70. The number of anilines is 2. The first-order chi connectivity index (χ1) is 12.8. The van der Waals surface area contributed by atoms with E-state index in [1.807, 2.05) is 0 Å². The molecular weight excluding hydrogens is 368 g/mol. The highest BCUT2D eigenvalue weighted by Crippen LogP contribution is 2.22. The minimum absolute atomic E-state index is 0.117. The molecule has 9 heteroatoms. The van der Waals surface area contributed by atoms with Crippen LogP contribution in [-0.2, 0) is 26.1 Å². The second-order valence-electron chi connectivity index (χ2n) is 6.71. The molecule has 1 saturated heterocycles. The van der Waals surface area contributed by atoms with Crippen molar-refractivity contribution >= 4 is 27.3 Å². The summed E-state index contributed by atoms with van der Waals surface area (Å²) in [5, 5.41) is 6.86. The number of carbonyl (C=O) groups is 1. The third-order valence-corrected chi connectivity index (χ3v) is 5.88. The van der Waals surface area contributed by atoms with Crippen molar-refractivity contribution in [2.24, 2.45) is 0 Å². The average molecular weight is 392 g/mol. The van der Waals surface area contributed by atoms with E-state index >= 15 is 0 Å². The number of carbonyl (C=O) groups excluding carboxylic acids is 1. The SMILES string of the molecule is CC(=O)Nc1ccc(S(=O)(=O)Nc2cnn(CC3CCCCO3)c2)c(C)c1. The summed E-state index contributed by atoms with van der Waals surface area (Å²) in [6.45, 7) is 4.45. The molecule has 1 aliphatic rings. The van der Waals surface area contributed by atoms with Gasteiger partial charge in [-0.25, -0.2) is 8.42 Å². The van der Waals surface area contributed by atoms with Crippen LogP contribution < -0.4 is 10.0 Å². The van der Waals surface area contributed by atoms with E-state index in [-0.39, 0.29) is 16.9 Å². The van der Waals surface area contributed by atoms with Crippen LogP contribution in [0.1, 0.15) is 31.7 Å². The van der Waals surface area contributed by atoms with Crippen molar-refractivity contribution in [2.75, 3.05) is 16.6 Å². The number of rotatable bonds is 6. The fraction of sp³-hybridized carbons (Fsp3) is 0.444. The molecule has 2 aromatic rings. The maximum Gasteiger partial charge on any atom is 0.262 e. The third kappa shape index (κ3) is 5.08. The third-order valence-electron chi connectivity index (χ3n) is 4.33. The molecule has 8 nitrogen and oxygen atoms in total. The lowest BCUT2D eigenvalue weighted by atomic mass is 10.1. The number of hydrogen-bond acceptors (Lipinski definition) is 5. The molecule has 1 unspecified atom stereocenters. The fourth-order valence-corrected chi connectivity index (χ4v) is 4.37. The number of ether oxygens (including phenoxy) is 1. The van der Waals surface area contributed by atoms with Gasteiger partial charge in [-0.2, -0.15) is 5.10 Å². The Hall–Kier alpha value is -2.39. The maximum atomic E-state index is 12.7. The number of hydrogen-bond donors (Lipinski definition) is 2. The highest BCUT2D eigenvalue weighted by atomic mass is 32.2. The van der Waals surface area contributed by atoms with Crippen LogP contribution >= 0.6 is 0 Å². The quantitative estimate of drug-likeness (QED) is 0.786. The molecule has 1 aliphatic heterocycles. The van der Waals surface area contributed by atoms with Crippen molar-refractivity contribution in [3.63, 3.8) is 0 Å². The molecule has 0 bridgehead atoms. The highest BCUT2D eigenvalue weighted by molar-refractivity contribution is 7.92. The van der Waals surface area contributed by atoms with Gasteiger partial charge in [-0.15, -0.1) is 0 Å². The van der Waals surface area contributed by atoms with Crippen molar-refractivity contribution in [2.45, 2.75) is 50.7 Å². The Bertz CT molecular complexity index is 917. The van der Waals surface area contributed by atoms with Gasteiger partial charge in [-0.3, -0.25) is 14.2 Å². The zero-order valence-corrected chi connectivity index (χ0v) is 16.3. The largest absolute Gasteiger partial charge is 0.376 e. The molecule has 2 heterocycles. The smallest absolute Gasteiger partial charge is 0.262 e. The van der Waals surface area contributed by atoms with Gasteiger partial charge in [0.2, 0.25) is 5.91 Å². The number of amides is 1. The van der Waals surface area contributed by atoms with Crippen LogP contribution in [0.15, 0.2) is 35.5 Å². The number of nitrogens with one attached hydrogen (secondary N) is 2. The van der Waals surface area contributed by atoms with Gasteiger partial charge in [0, 0.05) is 25.4 Å². The van der Waals surface area contributed by atoms with Gasteiger partial charge in [0.25, 0.3) is 10.0 Å². The van der Waals surface area contributed by atoms with Crippen LogP contribution in [0, 0.1) is 6.92 Å². The van der Waals surface area contributed by atoms with Crippen LogP contribution in [0.5, 0.6) is 0 Å². The van der Waals surface area contributed by atoms with Gasteiger partial charge in [0.05, 0.1) is 29.4 Å². The second kappa shape index (κ2) is 8.10. The fourth-order valence-electron chi connectivity index (χ4n) is 3.12. The Morgan fingerprint density at radius 2 is 2.15 bits per heavy atom. The van der Waals surface area contributed by atoms with Crippen molar-refractivity contribution in [1.82, 2.24) is 9.78 Å². The molecule has 1 amide bonds. The van der Waals surface area contributed by atoms with E-state index in [4.69, 9.17) is 4.74 Å². The minimum Gasteiger partial charge on any atom is -0.376 e. The number of nitrogens with zero attached hydrogens (tertiary/aromatic N) is 2. The Morgan fingerprint density at radius 1 is 1.33 bits per heavy atom. The molecule has 0 aliphatic carbocycles. The van der Waals surface area contributed by atoms with Gasteiger partial charge < -0.3 is 10.1 Å². The molecule has 0 spiro atoms. The van der Waals surface area contributed by atoms with Crippen LogP contribution in [0.3, 0.4) is 0 Å². The topological polar surface area (TPSA) is 102 Å². The van der Waals surface area contributed by atoms with Crippen molar-refractivity contribution in [3.8, 4) is 0 Å². The normalized spacial score (nSPS) is 17.5. The maximum absolute atomic E-state index is 12.7. The van der Waals surface area contributed by atoms with E-state index < -0.39 is 10.0 Å². The van der Waals surface area contributed by atoms with Gasteiger partial charge in [0.1, 0.15) is 0 Å². The minimum atomic E-state index is -3.76. The van der Waals surface area contributed by atoms with E-state index in [0.29, 0.717) is 23.5 Å². The van der Waals surface area contributed by atoms with E-state index in [2.05, 4.69) is 15.1 Å². The molecule has 0 saturated carbocycles. The van der Waals surface area contributed by atoms with Crippen molar-refractivity contribution < 1.29 is 17.9 Å². The predicted molar refractivity (Wildman–Crippen MR) is 102 cm³/mol. The first-order valence-corrected chi connectivity index (χ1v) is 10.4. The summed E-state index contributed by atoms with van der Waals surface area (Å²) >= 11 is 0. The van der Waals surface area contributed by atoms with Crippen molar-refractivity contribution in [3.05, 3.63) is 36.2 Å². The molecule has 146 valence electrons. The first kappa shape index (κ1) is 19.4. The summed E-state index contributed by atoms with van der Waals surface area (Å²) < 4.78 is 35.3. The summed E-state index contributed by atoms with van der Waals surface area (Å²) in [5.74, 6) is -0.211. The Kier molecular flexibility index (Phi) is 5.81. The van der Waals surface area contributed by atoms with E-state index in [0.717, 1.165) is 25.9 Å². The summed E-state index contributed by atoms with van der Waals surface area (Å²) in [6.07, 6.45) is 6.48. The van der Waals surface area contributed by atoms with Crippen molar-refractivity contribution in [1.29, 1.82) is 0 Å². The summed E-state index contributed by atoms with van der Waals surface area (Å²) in [5.41, 5.74) is 1.49. The Morgan fingerprint density at radius 3 is 2.81 bits per heavy atom. The lowest BCUT2D eigenvalue weighted by molar-refractivity contribution is -0.114. The Labute approximate surface area is 159 Å². The van der Waals surface area contributed by atoms with E-state index in [9.17, 15) is 13.2 Å². The number of aromatic nitrogens is 2. The molecular formula is C18H24N4O4S. The van der Waals surface area contributed by atoms with Crippen LogP contribution in [0.2, 0.25) is 0 Å². The van der Waals surface area contributed by atoms with Gasteiger partial charge in [0.15, 0.2) is 0 Å². The lowest BCUT2D eigenvalue weighted by Crippen LogP contribution is -2.24. The summed E-state index contributed by atoms with van der Waals surface area (Å²) in [7, 11) is -3.76. The van der Waals surface area contributed by atoms with Crippen LogP contribution in [-0.4, -0.2) is 36.8 Å². The average Bonchev–Trinajstić information content (AvgIpc) is 3.01. The van der Waals surface area contributed by atoms with Gasteiger partial charge in [-0.05, 0) is 49.9 Å². The van der Waals surface area contributed by atoms with E-state index in [1.165, 1.54) is 19.2 Å². The van der Waals surface area contributed by atoms with Gasteiger partial charge >= 0.3 is 0 Å². The van der Waals surface area contributed by atoms with Gasteiger partial charge in [-0.1, -0.05) is 0 Å². The summed E-state index contributed by atoms with van der Waals surface area (Å²) in [6, 6.07) is 4.66. The van der Waals surface area contributed by atoms with E-state index in [1.54, 1.807) is 29.9 Å². The molecule has 3 rings (SSSR count). The standard InChI is InChI=1S/C18H24N4O4S/c1-13-9-15(20-14(2)23)6-7-18(13)27(24,25)21-16-10-19-22(11-16)12-17-5-3-4-8-26-17/h6-7,9-11,17,21H,3-5,8,12H2,1-2H3,(H,20,23). The molecule has 1 aromatic carbocycles. The number of aryl methyl sites for hydroxylation is 1. The number of sulfonamides is 1. The van der Waals surface area contributed by atoms with Crippen LogP contribution in [0.4, 0.5) is 11.4 Å². The highest BCUT2D eigenvalue weighted by Gasteiger charge is 2.19. The molecule has 1 aromatic heterocycles. The monoisotopic (exact) mass is 392 g/mol. The predicted octanol–water partition coefficient (Wildman–Crippen LogP) is 2.52. The molecule has 27 heavy (non-hydrogen) atoms. The number of benzene rings is 1. The lowest BCUT2D eigenvalue weighted by Gasteiger charge is -2.22. The molecule has 2 N–H and O–H groups in total. The molecule has 1 fully saturated rings. The molecule has 1 atom stereocenters.